The van der Waals surface area contributed by atoms with Crippen LogP contribution in [0.3, 0.4) is 0 Å². The summed E-state index contributed by atoms with van der Waals surface area (Å²) in [6.07, 6.45) is 2.36. The van der Waals surface area contributed by atoms with E-state index in [0.717, 1.165) is 30.2 Å². The SMILES string of the molecule is Clc1ccc2c(c1)CN1CCCC1=N2. The highest BCUT2D eigenvalue weighted by Gasteiger charge is 2.23. The van der Waals surface area contributed by atoms with E-state index in [1.54, 1.807) is 0 Å². The Morgan fingerprint density at radius 1 is 1.36 bits per heavy atom. The summed E-state index contributed by atoms with van der Waals surface area (Å²) in [5.74, 6) is 1.25. The van der Waals surface area contributed by atoms with Gasteiger partial charge in [0, 0.05) is 24.5 Å². The molecule has 2 aliphatic heterocycles. The highest BCUT2D eigenvalue weighted by atomic mass is 35.5. The van der Waals surface area contributed by atoms with Gasteiger partial charge >= 0.3 is 0 Å². The van der Waals surface area contributed by atoms with Crippen molar-refractivity contribution in [2.45, 2.75) is 19.4 Å². The number of nitrogens with zero attached hydrogens (tertiary/aromatic N) is 2. The van der Waals surface area contributed by atoms with Crippen molar-refractivity contribution in [1.82, 2.24) is 4.90 Å². The standard InChI is InChI=1S/C11H11ClN2/c12-9-3-4-10-8(6-9)7-14-5-1-2-11(14)13-10/h3-4,6H,1-2,5,7H2. The predicted octanol–water partition coefficient (Wildman–Crippen LogP) is 2.98. The Balaban J connectivity index is 2.09. The number of amidine groups is 1. The maximum atomic E-state index is 5.95. The topological polar surface area (TPSA) is 15.6 Å². The summed E-state index contributed by atoms with van der Waals surface area (Å²) >= 11 is 5.95. The number of halogens is 1. The minimum Gasteiger partial charge on any atom is -0.356 e. The van der Waals surface area contributed by atoms with Crippen molar-refractivity contribution in [2.24, 2.45) is 4.99 Å². The number of benzene rings is 1. The van der Waals surface area contributed by atoms with E-state index in [9.17, 15) is 0 Å². The molecule has 0 bridgehead atoms. The number of rotatable bonds is 0. The molecule has 0 spiro atoms. The molecular formula is C11H11ClN2. The van der Waals surface area contributed by atoms with E-state index in [4.69, 9.17) is 11.6 Å². The highest BCUT2D eigenvalue weighted by Crippen LogP contribution is 2.31. The normalized spacial score (nSPS) is 18.9. The molecule has 0 radical (unpaired) electrons. The summed E-state index contributed by atoms with van der Waals surface area (Å²) in [4.78, 5) is 6.98. The molecule has 1 aromatic rings. The van der Waals surface area contributed by atoms with E-state index in [1.165, 1.54) is 17.8 Å². The summed E-state index contributed by atoms with van der Waals surface area (Å²) < 4.78 is 0. The van der Waals surface area contributed by atoms with Gasteiger partial charge in [0.15, 0.2) is 0 Å². The Morgan fingerprint density at radius 2 is 2.29 bits per heavy atom. The van der Waals surface area contributed by atoms with Gasteiger partial charge < -0.3 is 4.90 Å². The van der Waals surface area contributed by atoms with Crippen LogP contribution in [-0.4, -0.2) is 17.3 Å². The second-order valence-electron chi connectivity index (χ2n) is 3.83. The molecule has 3 rings (SSSR count). The van der Waals surface area contributed by atoms with Crippen molar-refractivity contribution in [3.05, 3.63) is 28.8 Å². The second-order valence-corrected chi connectivity index (χ2v) is 4.26. The van der Waals surface area contributed by atoms with Crippen LogP contribution in [0.5, 0.6) is 0 Å². The van der Waals surface area contributed by atoms with Crippen molar-refractivity contribution in [2.75, 3.05) is 6.54 Å². The largest absolute Gasteiger partial charge is 0.356 e. The third-order valence-corrected chi connectivity index (χ3v) is 3.08. The van der Waals surface area contributed by atoms with Gasteiger partial charge in [-0.05, 0) is 30.2 Å². The first-order valence-electron chi connectivity index (χ1n) is 4.94. The molecule has 72 valence electrons. The molecule has 0 aromatic heterocycles. The van der Waals surface area contributed by atoms with E-state index in [0.29, 0.717) is 0 Å². The zero-order valence-corrected chi connectivity index (χ0v) is 8.59. The summed E-state index contributed by atoms with van der Waals surface area (Å²) in [7, 11) is 0. The first-order chi connectivity index (χ1) is 6.83. The molecule has 3 heteroatoms. The number of fused-ring (bicyclic) bond motifs is 2. The van der Waals surface area contributed by atoms with Crippen molar-refractivity contribution in [3.8, 4) is 0 Å². The Bertz CT molecular complexity index is 412. The van der Waals surface area contributed by atoms with Gasteiger partial charge in [0.1, 0.15) is 5.84 Å². The van der Waals surface area contributed by atoms with Gasteiger partial charge in [-0.3, -0.25) is 0 Å². The number of hydrogen-bond acceptors (Lipinski definition) is 2. The van der Waals surface area contributed by atoms with Crippen molar-refractivity contribution < 1.29 is 0 Å². The molecule has 0 aliphatic carbocycles. The molecule has 14 heavy (non-hydrogen) atoms. The summed E-state index contributed by atoms with van der Waals surface area (Å²) in [5, 5.41) is 0.807. The fourth-order valence-electron chi connectivity index (χ4n) is 2.15. The lowest BCUT2D eigenvalue weighted by molar-refractivity contribution is 0.443. The van der Waals surface area contributed by atoms with Crippen LogP contribution in [0.25, 0.3) is 0 Å². The first-order valence-corrected chi connectivity index (χ1v) is 5.32. The molecule has 0 N–H and O–H groups in total. The van der Waals surface area contributed by atoms with Gasteiger partial charge in [0.05, 0.1) is 5.69 Å². The lowest BCUT2D eigenvalue weighted by atomic mass is 10.1. The molecule has 2 heterocycles. The Hall–Kier alpha value is -1.02. The van der Waals surface area contributed by atoms with E-state index in [2.05, 4.69) is 9.89 Å². The van der Waals surface area contributed by atoms with E-state index in [1.807, 2.05) is 18.2 Å². The van der Waals surface area contributed by atoms with Crippen LogP contribution in [-0.2, 0) is 6.54 Å². The van der Waals surface area contributed by atoms with Crippen LogP contribution in [0.2, 0.25) is 5.02 Å². The van der Waals surface area contributed by atoms with Crippen LogP contribution in [0.1, 0.15) is 18.4 Å². The Kier molecular flexibility index (Phi) is 1.77. The van der Waals surface area contributed by atoms with Gasteiger partial charge in [0.2, 0.25) is 0 Å². The fraction of sp³-hybridized carbons (Fsp3) is 0.364. The van der Waals surface area contributed by atoms with Gasteiger partial charge in [-0.2, -0.15) is 0 Å². The van der Waals surface area contributed by atoms with Crippen molar-refractivity contribution in [3.63, 3.8) is 0 Å². The monoisotopic (exact) mass is 206 g/mol. The summed E-state index contributed by atoms with van der Waals surface area (Å²) in [6.45, 7) is 2.12. The number of hydrogen-bond donors (Lipinski definition) is 0. The van der Waals surface area contributed by atoms with Crippen LogP contribution in [0.15, 0.2) is 23.2 Å². The minimum atomic E-state index is 0.807. The zero-order chi connectivity index (χ0) is 9.54. The third kappa shape index (κ3) is 1.22. The molecular weight excluding hydrogens is 196 g/mol. The average Bonchev–Trinajstić information content (AvgIpc) is 2.61. The van der Waals surface area contributed by atoms with Gasteiger partial charge in [0.25, 0.3) is 0 Å². The van der Waals surface area contributed by atoms with Gasteiger partial charge in [-0.25, -0.2) is 4.99 Å². The quantitative estimate of drug-likeness (QED) is 0.637. The maximum Gasteiger partial charge on any atom is 0.105 e. The van der Waals surface area contributed by atoms with E-state index < -0.39 is 0 Å². The Labute approximate surface area is 88.2 Å². The summed E-state index contributed by atoms with van der Waals surface area (Å²) in [5.41, 5.74) is 2.35. The second kappa shape index (κ2) is 2.99. The van der Waals surface area contributed by atoms with Crippen LogP contribution < -0.4 is 0 Å². The van der Waals surface area contributed by atoms with Gasteiger partial charge in [-0.1, -0.05) is 11.6 Å². The molecule has 0 unspecified atom stereocenters. The molecule has 1 saturated heterocycles. The lowest BCUT2D eigenvalue weighted by Gasteiger charge is -2.24. The molecule has 0 atom stereocenters. The number of aliphatic imine (C=N–C) groups is 1. The van der Waals surface area contributed by atoms with E-state index >= 15 is 0 Å². The molecule has 0 amide bonds. The predicted molar refractivity (Wildman–Crippen MR) is 58.2 cm³/mol. The molecule has 1 fully saturated rings. The van der Waals surface area contributed by atoms with Gasteiger partial charge in [-0.15, -0.1) is 0 Å². The average molecular weight is 207 g/mol. The smallest absolute Gasteiger partial charge is 0.105 e. The lowest BCUT2D eigenvalue weighted by Crippen LogP contribution is -2.26. The maximum absolute atomic E-state index is 5.95. The molecule has 2 nitrogen and oxygen atoms in total. The minimum absolute atomic E-state index is 0.807. The summed E-state index contributed by atoms with van der Waals surface area (Å²) in [6, 6.07) is 5.95. The molecule has 2 aliphatic rings. The first kappa shape index (κ1) is 8.30. The molecule has 1 aromatic carbocycles. The Morgan fingerprint density at radius 3 is 3.21 bits per heavy atom. The van der Waals surface area contributed by atoms with Crippen molar-refractivity contribution in [1.29, 1.82) is 0 Å². The van der Waals surface area contributed by atoms with Crippen molar-refractivity contribution >= 4 is 23.1 Å². The zero-order valence-electron chi connectivity index (χ0n) is 7.83. The van der Waals surface area contributed by atoms with Crippen LogP contribution in [0, 0.1) is 0 Å². The van der Waals surface area contributed by atoms with Crippen LogP contribution >= 0.6 is 11.6 Å². The fourth-order valence-corrected chi connectivity index (χ4v) is 2.34. The van der Waals surface area contributed by atoms with Crippen LogP contribution in [0.4, 0.5) is 5.69 Å². The third-order valence-electron chi connectivity index (χ3n) is 2.85. The molecule has 0 saturated carbocycles. The van der Waals surface area contributed by atoms with E-state index in [-0.39, 0.29) is 0 Å². The highest BCUT2D eigenvalue weighted by molar-refractivity contribution is 6.30.